The minimum atomic E-state index is 0.0189. The zero-order chi connectivity index (χ0) is 10.6. The number of hydrogen-bond donors (Lipinski definition) is 3. The van der Waals surface area contributed by atoms with Gasteiger partial charge in [0.2, 0.25) is 0 Å². The number of hydrogen-bond acceptors (Lipinski definition) is 4. The number of ether oxygens (including phenoxy) is 1. The van der Waals surface area contributed by atoms with Crippen LogP contribution in [0.1, 0.15) is 11.1 Å². The molecule has 76 valence electrons. The van der Waals surface area contributed by atoms with E-state index in [4.69, 9.17) is 21.4 Å². The van der Waals surface area contributed by atoms with Gasteiger partial charge in [-0.1, -0.05) is 11.2 Å². The Morgan fingerprint density at radius 3 is 2.79 bits per heavy atom. The van der Waals surface area contributed by atoms with Gasteiger partial charge in [-0.2, -0.15) is 0 Å². The van der Waals surface area contributed by atoms with Crippen molar-refractivity contribution in [2.24, 2.45) is 16.6 Å². The van der Waals surface area contributed by atoms with E-state index >= 15 is 0 Å². The molecular formula is C9H13N3O2. The predicted octanol–water partition coefficient (Wildman–Crippen LogP) is 0.248. The van der Waals surface area contributed by atoms with Crippen LogP contribution >= 0.6 is 0 Å². The van der Waals surface area contributed by atoms with E-state index in [1.807, 2.05) is 0 Å². The normalized spacial score (nSPS) is 11.4. The number of nitrogens with zero attached hydrogens (tertiary/aromatic N) is 1. The van der Waals surface area contributed by atoms with E-state index in [1.54, 1.807) is 18.2 Å². The van der Waals surface area contributed by atoms with E-state index in [0.29, 0.717) is 17.9 Å². The molecule has 0 saturated carbocycles. The van der Waals surface area contributed by atoms with Gasteiger partial charge in [0, 0.05) is 6.54 Å². The van der Waals surface area contributed by atoms with Gasteiger partial charge in [0.15, 0.2) is 5.84 Å². The maximum Gasteiger partial charge on any atom is 0.173 e. The van der Waals surface area contributed by atoms with E-state index in [2.05, 4.69) is 5.16 Å². The largest absolute Gasteiger partial charge is 0.496 e. The van der Waals surface area contributed by atoms with E-state index in [9.17, 15) is 0 Å². The molecule has 0 saturated heterocycles. The molecule has 0 unspecified atom stereocenters. The van der Waals surface area contributed by atoms with Gasteiger partial charge in [-0.3, -0.25) is 0 Å². The number of oxime groups is 1. The molecule has 0 aliphatic carbocycles. The van der Waals surface area contributed by atoms with Gasteiger partial charge in [-0.05, 0) is 17.7 Å². The van der Waals surface area contributed by atoms with Crippen LogP contribution in [0.5, 0.6) is 5.75 Å². The molecule has 1 rings (SSSR count). The first-order valence-electron chi connectivity index (χ1n) is 4.07. The molecule has 1 aromatic rings. The molecule has 0 atom stereocenters. The summed E-state index contributed by atoms with van der Waals surface area (Å²) in [7, 11) is 1.52. The second-order valence-corrected chi connectivity index (χ2v) is 2.72. The van der Waals surface area contributed by atoms with Crippen molar-refractivity contribution < 1.29 is 9.94 Å². The Labute approximate surface area is 82.0 Å². The summed E-state index contributed by atoms with van der Waals surface area (Å²) in [6.07, 6.45) is 0. The van der Waals surface area contributed by atoms with E-state index in [0.717, 1.165) is 5.56 Å². The summed E-state index contributed by atoms with van der Waals surface area (Å²) in [6, 6.07) is 5.26. The zero-order valence-corrected chi connectivity index (χ0v) is 7.90. The third-order valence-corrected chi connectivity index (χ3v) is 1.89. The second kappa shape index (κ2) is 4.48. The lowest BCUT2D eigenvalue weighted by Crippen LogP contribution is -2.14. The van der Waals surface area contributed by atoms with Gasteiger partial charge >= 0.3 is 0 Å². The highest BCUT2D eigenvalue weighted by molar-refractivity contribution is 5.99. The van der Waals surface area contributed by atoms with Crippen LogP contribution in [0.2, 0.25) is 0 Å². The van der Waals surface area contributed by atoms with Crippen molar-refractivity contribution in [3.63, 3.8) is 0 Å². The third kappa shape index (κ3) is 1.94. The summed E-state index contributed by atoms with van der Waals surface area (Å²) in [5.41, 5.74) is 12.4. The van der Waals surface area contributed by atoms with E-state index in [-0.39, 0.29) is 5.84 Å². The average molecular weight is 195 g/mol. The van der Waals surface area contributed by atoms with Crippen LogP contribution in [0.3, 0.4) is 0 Å². The molecule has 0 spiro atoms. The van der Waals surface area contributed by atoms with Gasteiger partial charge in [0.1, 0.15) is 5.75 Å². The highest BCUT2D eigenvalue weighted by atomic mass is 16.5. The van der Waals surface area contributed by atoms with Gasteiger partial charge in [-0.25, -0.2) is 0 Å². The molecule has 0 bridgehead atoms. The standard InChI is InChI=1S/C9H13N3O2/c1-14-8-4-6(5-10)2-3-7(8)9(11)12-13/h2-4,13H,5,10H2,1H3,(H2,11,12). The summed E-state index contributed by atoms with van der Waals surface area (Å²) in [5, 5.41) is 11.4. The molecule has 0 aliphatic rings. The molecule has 5 heteroatoms. The minimum Gasteiger partial charge on any atom is -0.496 e. The molecule has 0 heterocycles. The summed E-state index contributed by atoms with van der Waals surface area (Å²) in [6.45, 7) is 0.423. The molecule has 5 N–H and O–H groups in total. The van der Waals surface area contributed by atoms with Crippen molar-refractivity contribution in [1.29, 1.82) is 0 Å². The Morgan fingerprint density at radius 2 is 2.29 bits per heavy atom. The van der Waals surface area contributed by atoms with Crippen molar-refractivity contribution in [3.05, 3.63) is 29.3 Å². The fraction of sp³-hybridized carbons (Fsp3) is 0.222. The first-order chi connectivity index (χ1) is 6.72. The number of nitrogens with two attached hydrogens (primary N) is 2. The monoisotopic (exact) mass is 195 g/mol. The topological polar surface area (TPSA) is 93.9 Å². The summed E-state index contributed by atoms with van der Waals surface area (Å²) in [4.78, 5) is 0. The Hall–Kier alpha value is -1.75. The van der Waals surface area contributed by atoms with Crippen molar-refractivity contribution in [2.75, 3.05) is 7.11 Å². The second-order valence-electron chi connectivity index (χ2n) is 2.72. The fourth-order valence-electron chi connectivity index (χ4n) is 1.13. The van der Waals surface area contributed by atoms with Crippen LogP contribution in [0.15, 0.2) is 23.4 Å². The minimum absolute atomic E-state index is 0.0189. The van der Waals surface area contributed by atoms with Crippen LogP contribution in [0.25, 0.3) is 0 Å². The molecule has 5 nitrogen and oxygen atoms in total. The molecule has 0 aromatic heterocycles. The first kappa shape index (κ1) is 10.3. The van der Waals surface area contributed by atoms with Gasteiger partial charge < -0.3 is 21.4 Å². The van der Waals surface area contributed by atoms with Crippen LogP contribution in [-0.2, 0) is 6.54 Å². The highest BCUT2D eigenvalue weighted by Crippen LogP contribution is 2.19. The van der Waals surface area contributed by atoms with Gasteiger partial charge in [0.05, 0.1) is 12.7 Å². The fourth-order valence-corrected chi connectivity index (χ4v) is 1.13. The molecule has 0 fully saturated rings. The Bertz CT molecular complexity index is 350. The lowest BCUT2D eigenvalue weighted by Gasteiger charge is -2.08. The molecule has 0 amide bonds. The number of methoxy groups -OCH3 is 1. The Kier molecular flexibility index (Phi) is 3.30. The number of amidine groups is 1. The summed E-state index contributed by atoms with van der Waals surface area (Å²) >= 11 is 0. The van der Waals surface area contributed by atoms with Crippen LogP contribution in [0.4, 0.5) is 0 Å². The average Bonchev–Trinajstić information content (AvgIpc) is 2.27. The Balaban J connectivity index is 3.18. The van der Waals surface area contributed by atoms with Crippen LogP contribution in [-0.4, -0.2) is 18.2 Å². The summed E-state index contributed by atoms with van der Waals surface area (Å²) in [5.74, 6) is 0.564. The van der Waals surface area contributed by atoms with Crippen molar-refractivity contribution in [2.45, 2.75) is 6.54 Å². The number of benzene rings is 1. The van der Waals surface area contributed by atoms with Crippen LogP contribution in [0, 0.1) is 0 Å². The number of rotatable bonds is 3. The van der Waals surface area contributed by atoms with Crippen molar-refractivity contribution in [3.8, 4) is 5.75 Å². The first-order valence-corrected chi connectivity index (χ1v) is 4.07. The van der Waals surface area contributed by atoms with Crippen molar-refractivity contribution in [1.82, 2.24) is 0 Å². The van der Waals surface area contributed by atoms with E-state index < -0.39 is 0 Å². The molecule has 0 radical (unpaired) electrons. The summed E-state index contributed by atoms with van der Waals surface area (Å²) < 4.78 is 5.08. The Morgan fingerprint density at radius 1 is 1.57 bits per heavy atom. The molecule has 1 aromatic carbocycles. The molecular weight excluding hydrogens is 182 g/mol. The highest BCUT2D eigenvalue weighted by Gasteiger charge is 2.07. The van der Waals surface area contributed by atoms with Gasteiger partial charge in [0.25, 0.3) is 0 Å². The smallest absolute Gasteiger partial charge is 0.173 e. The van der Waals surface area contributed by atoms with Gasteiger partial charge in [-0.15, -0.1) is 0 Å². The van der Waals surface area contributed by atoms with Crippen molar-refractivity contribution >= 4 is 5.84 Å². The maximum atomic E-state index is 8.52. The quantitative estimate of drug-likeness (QED) is 0.279. The lowest BCUT2D eigenvalue weighted by molar-refractivity contribution is 0.318. The van der Waals surface area contributed by atoms with E-state index in [1.165, 1.54) is 7.11 Å². The third-order valence-electron chi connectivity index (χ3n) is 1.89. The zero-order valence-electron chi connectivity index (χ0n) is 7.90. The maximum absolute atomic E-state index is 8.52. The molecule has 0 aliphatic heterocycles. The SMILES string of the molecule is COc1cc(CN)ccc1/C(N)=N/O. The van der Waals surface area contributed by atoms with Crippen LogP contribution < -0.4 is 16.2 Å². The molecule has 14 heavy (non-hydrogen) atoms. The predicted molar refractivity (Wildman–Crippen MR) is 53.4 cm³/mol. The lowest BCUT2D eigenvalue weighted by atomic mass is 10.1.